The molecule has 8 heteroatoms. The van der Waals surface area contributed by atoms with Gasteiger partial charge in [0.2, 0.25) is 0 Å². The van der Waals surface area contributed by atoms with Gasteiger partial charge in [-0.05, 0) is 33.6 Å². The van der Waals surface area contributed by atoms with Gasteiger partial charge in [-0.2, -0.15) is 0 Å². The molecule has 136 valence electrons. The Morgan fingerprint density at radius 2 is 2.00 bits per heavy atom. The van der Waals surface area contributed by atoms with E-state index in [2.05, 4.69) is 32.7 Å². The average molecular weight is 362 g/mol. The molecule has 2 aromatic rings. The molecule has 0 radical (unpaired) electrons. The van der Waals surface area contributed by atoms with Crippen LogP contribution in [0.1, 0.15) is 52.9 Å². The fourth-order valence-electron chi connectivity index (χ4n) is 3.06. The van der Waals surface area contributed by atoms with Gasteiger partial charge < -0.3 is 15.2 Å². The number of guanidine groups is 1. The fraction of sp³-hybridized carbons (Fsp3) is 0.647. The molecule has 1 aliphatic carbocycles. The number of nitrogens with zero attached hydrogens (tertiary/aromatic N) is 5. The van der Waals surface area contributed by atoms with E-state index >= 15 is 0 Å². The third kappa shape index (κ3) is 4.56. The maximum atomic E-state index is 4.74. The zero-order valence-corrected chi connectivity index (χ0v) is 16.3. The van der Waals surface area contributed by atoms with Crippen LogP contribution in [-0.4, -0.2) is 31.7 Å². The van der Waals surface area contributed by atoms with Crippen molar-refractivity contribution < 1.29 is 0 Å². The highest BCUT2D eigenvalue weighted by Crippen LogP contribution is 2.18. The predicted octanol–water partition coefficient (Wildman–Crippen LogP) is 2.37. The van der Waals surface area contributed by atoms with E-state index < -0.39 is 0 Å². The predicted molar refractivity (Wildman–Crippen MR) is 101 cm³/mol. The summed E-state index contributed by atoms with van der Waals surface area (Å²) >= 11 is 1.74. The lowest BCUT2D eigenvalue weighted by molar-refractivity contribution is 0.610. The van der Waals surface area contributed by atoms with Crippen LogP contribution in [0.25, 0.3) is 0 Å². The van der Waals surface area contributed by atoms with Crippen LogP contribution in [0.4, 0.5) is 0 Å². The molecule has 0 amide bonds. The Kier molecular flexibility index (Phi) is 5.67. The average Bonchev–Trinajstić information content (AvgIpc) is 3.27. The first-order valence-electron chi connectivity index (χ1n) is 8.85. The summed E-state index contributed by atoms with van der Waals surface area (Å²) in [5, 5.41) is 16.4. The highest BCUT2D eigenvalue weighted by Gasteiger charge is 2.17. The lowest BCUT2D eigenvalue weighted by Crippen LogP contribution is -2.42. The van der Waals surface area contributed by atoms with Crippen molar-refractivity contribution in [3.8, 4) is 0 Å². The fourth-order valence-corrected chi connectivity index (χ4v) is 3.93. The second kappa shape index (κ2) is 7.95. The zero-order valence-electron chi connectivity index (χ0n) is 15.5. The molecule has 7 nitrogen and oxygen atoms in total. The Morgan fingerprint density at radius 3 is 2.60 bits per heavy atom. The molecule has 0 aromatic carbocycles. The van der Waals surface area contributed by atoms with Crippen molar-refractivity contribution in [1.29, 1.82) is 0 Å². The van der Waals surface area contributed by atoms with Crippen LogP contribution in [0.5, 0.6) is 0 Å². The van der Waals surface area contributed by atoms with Crippen LogP contribution in [0.15, 0.2) is 4.99 Å². The second-order valence-electron chi connectivity index (χ2n) is 6.61. The van der Waals surface area contributed by atoms with Gasteiger partial charge in [0.25, 0.3) is 0 Å². The molecule has 0 bridgehead atoms. The van der Waals surface area contributed by atoms with Crippen LogP contribution in [0.2, 0.25) is 0 Å². The van der Waals surface area contributed by atoms with Gasteiger partial charge in [0.05, 0.1) is 17.2 Å². The summed E-state index contributed by atoms with van der Waals surface area (Å²) in [6, 6.07) is 0.511. The lowest BCUT2D eigenvalue weighted by Gasteiger charge is -2.17. The van der Waals surface area contributed by atoms with E-state index in [0.29, 0.717) is 12.6 Å². The van der Waals surface area contributed by atoms with Crippen molar-refractivity contribution in [2.75, 3.05) is 0 Å². The molecule has 0 saturated heterocycles. The molecule has 0 atom stereocenters. The molecule has 25 heavy (non-hydrogen) atoms. The SMILES string of the molecule is Cc1nc(C)c(CNC(=NCc2nnc(C)n2C)NC2CCCC2)s1. The normalized spacial score (nSPS) is 15.8. The van der Waals surface area contributed by atoms with E-state index in [1.165, 1.54) is 30.6 Å². The van der Waals surface area contributed by atoms with Crippen LogP contribution >= 0.6 is 11.3 Å². The number of thiazole rings is 1. The number of aryl methyl sites for hydroxylation is 3. The van der Waals surface area contributed by atoms with E-state index in [0.717, 1.165) is 34.9 Å². The van der Waals surface area contributed by atoms with Gasteiger partial charge in [-0.15, -0.1) is 21.5 Å². The molecule has 0 aliphatic heterocycles. The van der Waals surface area contributed by atoms with E-state index in [1.807, 2.05) is 25.5 Å². The molecule has 2 N–H and O–H groups in total. The summed E-state index contributed by atoms with van der Waals surface area (Å²) in [7, 11) is 1.97. The summed E-state index contributed by atoms with van der Waals surface area (Å²) in [5.41, 5.74) is 1.10. The van der Waals surface area contributed by atoms with Crippen molar-refractivity contribution >= 4 is 17.3 Å². The summed E-state index contributed by atoms with van der Waals surface area (Å²) in [6.45, 7) is 7.31. The van der Waals surface area contributed by atoms with Gasteiger partial charge in [0, 0.05) is 18.0 Å². The Bertz CT molecular complexity index is 740. The van der Waals surface area contributed by atoms with Crippen molar-refractivity contribution in [2.45, 2.75) is 65.6 Å². The third-order valence-corrected chi connectivity index (χ3v) is 5.75. The highest BCUT2D eigenvalue weighted by atomic mass is 32.1. The number of hydrogen-bond donors (Lipinski definition) is 2. The molecule has 1 aliphatic rings. The zero-order chi connectivity index (χ0) is 17.8. The molecule has 0 unspecified atom stereocenters. The lowest BCUT2D eigenvalue weighted by atomic mass is 10.2. The van der Waals surface area contributed by atoms with Crippen molar-refractivity contribution in [3.63, 3.8) is 0 Å². The van der Waals surface area contributed by atoms with Crippen LogP contribution in [0, 0.1) is 20.8 Å². The molecule has 0 spiro atoms. The number of rotatable bonds is 5. The van der Waals surface area contributed by atoms with Crippen molar-refractivity contribution in [1.82, 2.24) is 30.4 Å². The van der Waals surface area contributed by atoms with Crippen LogP contribution < -0.4 is 10.6 Å². The van der Waals surface area contributed by atoms with Gasteiger partial charge in [-0.25, -0.2) is 9.98 Å². The molecule has 1 saturated carbocycles. The Labute approximate surface area is 153 Å². The topological polar surface area (TPSA) is 80.0 Å². The minimum absolute atomic E-state index is 0.511. The number of nitrogens with one attached hydrogen (secondary N) is 2. The van der Waals surface area contributed by atoms with Crippen molar-refractivity contribution in [2.24, 2.45) is 12.0 Å². The Balaban J connectivity index is 1.68. The maximum Gasteiger partial charge on any atom is 0.192 e. The Hall–Kier alpha value is -1.96. The monoisotopic (exact) mass is 361 g/mol. The minimum Gasteiger partial charge on any atom is -0.354 e. The number of aliphatic imine (C=N–C) groups is 1. The summed E-state index contributed by atoms with van der Waals surface area (Å²) in [5.74, 6) is 2.62. The van der Waals surface area contributed by atoms with Gasteiger partial charge in [0.1, 0.15) is 12.4 Å². The standard InChI is InChI=1S/C17H27N7S/c1-11-15(25-13(3)20-11)9-18-17(21-14-7-5-6-8-14)19-10-16-23-22-12(2)24(16)4/h14H,5-10H2,1-4H3,(H2,18,19,21). The van der Waals surface area contributed by atoms with Gasteiger partial charge >= 0.3 is 0 Å². The van der Waals surface area contributed by atoms with Gasteiger partial charge in [0.15, 0.2) is 11.8 Å². The molecular weight excluding hydrogens is 334 g/mol. The summed E-state index contributed by atoms with van der Waals surface area (Å²) < 4.78 is 1.98. The van der Waals surface area contributed by atoms with E-state index in [-0.39, 0.29) is 0 Å². The minimum atomic E-state index is 0.511. The van der Waals surface area contributed by atoms with Crippen LogP contribution in [0.3, 0.4) is 0 Å². The molecule has 2 aromatic heterocycles. The molecule has 1 fully saturated rings. The molecular formula is C17H27N7S. The number of aromatic nitrogens is 4. The smallest absolute Gasteiger partial charge is 0.192 e. The molecule has 2 heterocycles. The van der Waals surface area contributed by atoms with Crippen LogP contribution in [-0.2, 0) is 20.1 Å². The largest absolute Gasteiger partial charge is 0.354 e. The Morgan fingerprint density at radius 1 is 1.24 bits per heavy atom. The van der Waals surface area contributed by atoms with E-state index in [9.17, 15) is 0 Å². The first kappa shape index (κ1) is 17.8. The second-order valence-corrected chi connectivity index (χ2v) is 7.90. The maximum absolute atomic E-state index is 4.74. The van der Waals surface area contributed by atoms with E-state index in [1.54, 1.807) is 11.3 Å². The van der Waals surface area contributed by atoms with Crippen molar-refractivity contribution in [3.05, 3.63) is 27.2 Å². The molecule has 3 rings (SSSR count). The highest BCUT2D eigenvalue weighted by molar-refractivity contribution is 7.11. The summed E-state index contributed by atoms with van der Waals surface area (Å²) in [4.78, 5) is 10.5. The van der Waals surface area contributed by atoms with Gasteiger partial charge in [-0.3, -0.25) is 0 Å². The first-order chi connectivity index (χ1) is 12.0. The van der Waals surface area contributed by atoms with E-state index in [4.69, 9.17) is 4.99 Å². The quantitative estimate of drug-likeness (QED) is 0.631. The number of hydrogen-bond acceptors (Lipinski definition) is 5. The summed E-state index contributed by atoms with van der Waals surface area (Å²) in [6.07, 6.45) is 5.01. The third-order valence-electron chi connectivity index (χ3n) is 4.67. The van der Waals surface area contributed by atoms with Gasteiger partial charge in [-0.1, -0.05) is 12.8 Å². The first-order valence-corrected chi connectivity index (χ1v) is 9.67.